The number of carbonyl (C=O) groups excluding carboxylic acids is 1. The Labute approximate surface area is 99.2 Å². The van der Waals surface area contributed by atoms with Gasteiger partial charge in [-0.2, -0.15) is 0 Å². The van der Waals surface area contributed by atoms with Gasteiger partial charge in [0.25, 0.3) is 0 Å². The first kappa shape index (κ1) is 10.1. The number of rotatable bonds is 2. The molecular weight excluding hydrogens is 214 g/mol. The van der Waals surface area contributed by atoms with Gasteiger partial charge in [-0.05, 0) is 40.5 Å². The van der Waals surface area contributed by atoms with Gasteiger partial charge >= 0.3 is 0 Å². The molecule has 86 valence electrons. The molecule has 2 aromatic carbocycles. The van der Waals surface area contributed by atoms with E-state index in [2.05, 4.69) is 0 Å². The third-order valence-electron chi connectivity index (χ3n) is 3.50. The van der Waals surface area contributed by atoms with Crippen LogP contribution >= 0.6 is 0 Å². The highest BCUT2D eigenvalue weighted by molar-refractivity contribution is 5.94. The molecule has 2 aromatic rings. The van der Waals surface area contributed by atoms with Gasteiger partial charge in [-0.3, -0.25) is 4.79 Å². The van der Waals surface area contributed by atoms with Gasteiger partial charge in [0.05, 0.1) is 13.0 Å². The molecule has 0 aromatic heterocycles. The summed E-state index contributed by atoms with van der Waals surface area (Å²) in [5.74, 6) is 0.519. The van der Waals surface area contributed by atoms with Crippen LogP contribution in [0.15, 0.2) is 30.3 Å². The summed E-state index contributed by atoms with van der Waals surface area (Å²) in [5.41, 5.74) is 7.67. The van der Waals surface area contributed by atoms with E-state index in [1.54, 1.807) is 7.11 Å². The number of methoxy groups -OCH3 is 1. The van der Waals surface area contributed by atoms with Crippen LogP contribution < -0.4 is 10.5 Å². The lowest BCUT2D eigenvalue weighted by Crippen LogP contribution is -2.30. The second-order valence-corrected chi connectivity index (χ2v) is 4.38. The van der Waals surface area contributed by atoms with Crippen molar-refractivity contribution in [2.45, 2.75) is 12.3 Å². The van der Waals surface area contributed by atoms with Crippen molar-refractivity contribution >= 4 is 16.7 Å². The molecule has 1 atom stereocenters. The predicted octanol–water partition coefficient (Wildman–Crippen LogP) is 1.97. The third kappa shape index (κ3) is 1.39. The molecule has 1 aliphatic rings. The molecule has 0 heterocycles. The molecule has 1 aliphatic carbocycles. The first-order chi connectivity index (χ1) is 8.20. The van der Waals surface area contributed by atoms with E-state index in [1.165, 1.54) is 10.9 Å². The second-order valence-electron chi connectivity index (χ2n) is 4.38. The summed E-state index contributed by atoms with van der Waals surface area (Å²) in [6.45, 7) is 0. The Kier molecular flexibility index (Phi) is 2.08. The van der Waals surface area contributed by atoms with E-state index in [9.17, 15) is 4.79 Å². The zero-order chi connectivity index (χ0) is 12.0. The minimum Gasteiger partial charge on any atom is -0.497 e. The average molecular weight is 227 g/mol. The molecule has 0 radical (unpaired) electrons. The van der Waals surface area contributed by atoms with Crippen LogP contribution in [0.1, 0.15) is 17.0 Å². The Hall–Kier alpha value is -2.03. The summed E-state index contributed by atoms with van der Waals surface area (Å²) in [7, 11) is 1.66. The van der Waals surface area contributed by atoms with Crippen molar-refractivity contribution in [1.82, 2.24) is 0 Å². The average Bonchev–Trinajstić information content (AvgIpc) is 2.28. The highest BCUT2D eigenvalue weighted by atomic mass is 16.5. The van der Waals surface area contributed by atoms with E-state index in [0.717, 1.165) is 23.1 Å². The van der Waals surface area contributed by atoms with E-state index in [-0.39, 0.29) is 11.8 Å². The lowest BCUT2D eigenvalue weighted by molar-refractivity contribution is -0.119. The van der Waals surface area contributed by atoms with Gasteiger partial charge in [-0.25, -0.2) is 0 Å². The molecule has 0 saturated carbocycles. The molecule has 0 bridgehead atoms. The lowest BCUT2D eigenvalue weighted by Gasteiger charge is -2.29. The third-order valence-corrected chi connectivity index (χ3v) is 3.50. The fourth-order valence-electron chi connectivity index (χ4n) is 2.51. The molecule has 0 aliphatic heterocycles. The summed E-state index contributed by atoms with van der Waals surface area (Å²) in [4.78, 5) is 11.2. The number of hydrogen-bond donors (Lipinski definition) is 1. The Balaban J connectivity index is 2.15. The topological polar surface area (TPSA) is 52.3 Å². The van der Waals surface area contributed by atoms with Crippen molar-refractivity contribution in [3.05, 3.63) is 41.5 Å². The lowest BCUT2D eigenvalue weighted by atomic mass is 9.75. The van der Waals surface area contributed by atoms with Crippen LogP contribution in [0.3, 0.4) is 0 Å². The number of benzene rings is 2. The van der Waals surface area contributed by atoms with E-state index in [4.69, 9.17) is 10.5 Å². The van der Waals surface area contributed by atoms with Gasteiger partial charge in [-0.15, -0.1) is 0 Å². The van der Waals surface area contributed by atoms with Gasteiger partial charge in [0.15, 0.2) is 0 Å². The fourth-order valence-corrected chi connectivity index (χ4v) is 2.51. The largest absolute Gasteiger partial charge is 0.497 e. The van der Waals surface area contributed by atoms with Gasteiger partial charge < -0.3 is 10.5 Å². The Morgan fingerprint density at radius 3 is 2.88 bits per heavy atom. The molecular formula is C14H13NO2. The maximum Gasteiger partial charge on any atom is 0.225 e. The van der Waals surface area contributed by atoms with Crippen molar-refractivity contribution in [2.24, 2.45) is 5.73 Å². The van der Waals surface area contributed by atoms with Gasteiger partial charge in [0, 0.05) is 0 Å². The minimum atomic E-state index is -0.231. The summed E-state index contributed by atoms with van der Waals surface area (Å²) >= 11 is 0. The van der Waals surface area contributed by atoms with Gasteiger partial charge in [-0.1, -0.05) is 18.2 Å². The molecule has 2 N–H and O–H groups in total. The predicted molar refractivity (Wildman–Crippen MR) is 66.1 cm³/mol. The number of ether oxygens (including phenoxy) is 1. The molecule has 1 amide bonds. The Morgan fingerprint density at radius 1 is 1.35 bits per heavy atom. The zero-order valence-electron chi connectivity index (χ0n) is 9.57. The van der Waals surface area contributed by atoms with Gasteiger partial charge in [0.1, 0.15) is 5.75 Å². The number of carbonyl (C=O) groups is 1. The van der Waals surface area contributed by atoms with Crippen molar-refractivity contribution in [2.75, 3.05) is 7.11 Å². The van der Waals surface area contributed by atoms with Crippen molar-refractivity contribution in [1.29, 1.82) is 0 Å². The van der Waals surface area contributed by atoms with E-state index >= 15 is 0 Å². The van der Waals surface area contributed by atoms with Gasteiger partial charge in [0.2, 0.25) is 5.91 Å². The molecule has 3 rings (SSSR count). The Morgan fingerprint density at radius 2 is 2.18 bits per heavy atom. The molecule has 0 fully saturated rings. The standard InChI is InChI=1S/C14H13NO2/c1-17-9-3-5-10-8(6-9)2-4-11-12(10)7-13(11)14(15)16/h2-6,13H,7H2,1H3,(H2,15,16). The van der Waals surface area contributed by atoms with E-state index in [0.29, 0.717) is 0 Å². The van der Waals surface area contributed by atoms with E-state index < -0.39 is 0 Å². The van der Waals surface area contributed by atoms with Crippen molar-refractivity contribution in [3.8, 4) is 5.75 Å². The summed E-state index contributed by atoms with van der Waals surface area (Å²) in [6.07, 6.45) is 0.758. The molecule has 1 unspecified atom stereocenters. The van der Waals surface area contributed by atoms with Crippen LogP contribution in [-0.4, -0.2) is 13.0 Å². The van der Waals surface area contributed by atoms with Crippen LogP contribution in [0, 0.1) is 0 Å². The monoisotopic (exact) mass is 227 g/mol. The first-order valence-corrected chi connectivity index (χ1v) is 5.59. The maximum atomic E-state index is 11.2. The normalized spacial score (nSPS) is 17.4. The quantitative estimate of drug-likeness (QED) is 0.852. The summed E-state index contributed by atoms with van der Waals surface area (Å²) < 4.78 is 5.20. The second kappa shape index (κ2) is 3.48. The van der Waals surface area contributed by atoms with Crippen LogP contribution in [0.2, 0.25) is 0 Å². The van der Waals surface area contributed by atoms with Crippen LogP contribution in [0.5, 0.6) is 5.75 Å². The molecule has 0 spiro atoms. The number of amides is 1. The Bertz CT molecular complexity index is 619. The molecule has 0 saturated heterocycles. The number of hydrogen-bond acceptors (Lipinski definition) is 2. The SMILES string of the molecule is COc1ccc2c3c(ccc2c1)C(C(N)=O)C3. The highest BCUT2D eigenvalue weighted by Gasteiger charge is 2.31. The zero-order valence-corrected chi connectivity index (χ0v) is 9.57. The van der Waals surface area contributed by atoms with Crippen LogP contribution in [0.4, 0.5) is 0 Å². The van der Waals surface area contributed by atoms with Crippen molar-refractivity contribution in [3.63, 3.8) is 0 Å². The summed E-state index contributed by atoms with van der Waals surface area (Å²) in [5, 5.41) is 2.34. The van der Waals surface area contributed by atoms with Crippen LogP contribution in [-0.2, 0) is 11.2 Å². The maximum absolute atomic E-state index is 11.2. The first-order valence-electron chi connectivity index (χ1n) is 5.59. The van der Waals surface area contributed by atoms with Crippen molar-refractivity contribution < 1.29 is 9.53 Å². The highest BCUT2D eigenvalue weighted by Crippen LogP contribution is 2.40. The fraction of sp³-hybridized carbons (Fsp3) is 0.214. The molecule has 17 heavy (non-hydrogen) atoms. The molecule has 3 heteroatoms. The summed E-state index contributed by atoms with van der Waals surface area (Å²) in [6, 6.07) is 10.0. The van der Waals surface area contributed by atoms with E-state index in [1.807, 2.05) is 30.3 Å². The molecule has 3 nitrogen and oxygen atoms in total. The number of nitrogens with two attached hydrogens (primary N) is 1. The smallest absolute Gasteiger partial charge is 0.225 e. The minimum absolute atomic E-state index is 0.100. The number of primary amides is 1. The number of fused-ring (bicyclic) bond motifs is 3. The van der Waals surface area contributed by atoms with Crippen LogP contribution in [0.25, 0.3) is 10.8 Å².